The predicted molar refractivity (Wildman–Crippen MR) is 104 cm³/mol. The lowest BCUT2D eigenvalue weighted by Crippen LogP contribution is -2.22. The molecular weight excluding hydrogens is 389 g/mol. The Balaban J connectivity index is 0.00000242. The van der Waals surface area contributed by atoms with Gasteiger partial charge in [-0.2, -0.15) is 0 Å². The smallest absolute Gasteiger partial charge is 0.193 e. The molecule has 1 aliphatic rings. The zero-order valence-electron chi connectivity index (χ0n) is 13.4. The summed E-state index contributed by atoms with van der Waals surface area (Å²) in [4.78, 5) is 4.40. The highest BCUT2D eigenvalue weighted by atomic mass is 127. The molecule has 124 valence electrons. The van der Waals surface area contributed by atoms with E-state index in [1.165, 1.54) is 38.5 Å². The number of nitrogens with zero attached hydrogens (tertiary/aromatic N) is 1. The van der Waals surface area contributed by atoms with Gasteiger partial charge in [0.25, 0.3) is 0 Å². The van der Waals surface area contributed by atoms with Crippen molar-refractivity contribution in [2.24, 2.45) is 16.6 Å². The van der Waals surface area contributed by atoms with E-state index >= 15 is 0 Å². The van der Waals surface area contributed by atoms with Gasteiger partial charge >= 0.3 is 0 Å². The fourth-order valence-corrected chi connectivity index (χ4v) is 2.94. The van der Waals surface area contributed by atoms with E-state index in [9.17, 15) is 0 Å². The van der Waals surface area contributed by atoms with Gasteiger partial charge in [0.2, 0.25) is 0 Å². The highest BCUT2D eigenvalue weighted by molar-refractivity contribution is 14.0. The van der Waals surface area contributed by atoms with Gasteiger partial charge in [0.1, 0.15) is 5.75 Å². The first-order valence-corrected chi connectivity index (χ1v) is 7.99. The van der Waals surface area contributed by atoms with Crippen molar-refractivity contribution in [2.75, 3.05) is 19.0 Å². The van der Waals surface area contributed by atoms with Crippen LogP contribution in [0.1, 0.15) is 44.9 Å². The molecule has 4 nitrogen and oxygen atoms in total. The molecule has 3 N–H and O–H groups in total. The number of anilines is 1. The third-order valence-electron chi connectivity index (χ3n) is 4.12. The SMILES string of the molecule is COc1cccc(NC(N)=NCCCC2CCCCC2)c1.I. The van der Waals surface area contributed by atoms with Crippen molar-refractivity contribution >= 4 is 35.6 Å². The minimum atomic E-state index is 0. The van der Waals surface area contributed by atoms with Gasteiger partial charge < -0.3 is 15.8 Å². The lowest BCUT2D eigenvalue weighted by Gasteiger charge is -2.20. The van der Waals surface area contributed by atoms with Crippen molar-refractivity contribution < 1.29 is 4.74 Å². The lowest BCUT2D eigenvalue weighted by molar-refractivity contribution is 0.334. The summed E-state index contributed by atoms with van der Waals surface area (Å²) in [6, 6.07) is 7.69. The zero-order chi connectivity index (χ0) is 14.9. The van der Waals surface area contributed by atoms with Crippen LogP contribution in [0.15, 0.2) is 29.3 Å². The number of rotatable bonds is 6. The zero-order valence-corrected chi connectivity index (χ0v) is 15.7. The predicted octanol–water partition coefficient (Wildman–Crippen LogP) is 4.40. The number of hydrogen-bond donors (Lipinski definition) is 2. The standard InChI is InChI=1S/C17H27N3O.HI/c1-21-16-11-5-10-15(13-16)20-17(18)19-12-6-9-14-7-3-2-4-8-14;/h5,10-11,13-14H,2-4,6-9,12H2,1H3,(H3,18,19,20);1H. The van der Waals surface area contributed by atoms with E-state index in [0.29, 0.717) is 5.96 Å². The fraction of sp³-hybridized carbons (Fsp3) is 0.588. The molecule has 1 aromatic rings. The van der Waals surface area contributed by atoms with Crippen LogP contribution in [-0.2, 0) is 0 Å². The number of halogens is 1. The Bertz CT molecular complexity index is 459. The molecule has 0 spiro atoms. The largest absolute Gasteiger partial charge is 0.497 e. The number of ether oxygens (including phenoxy) is 1. The van der Waals surface area contributed by atoms with Gasteiger partial charge in [0, 0.05) is 18.3 Å². The van der Waals surface area contributed by atoms with Gasteiger partial charge in [-0.1, -0.05) is 38.2 Å². The van der Waals surface area contributed by atoms with Crippen molar-refractivity contribution in [3.63, 3.8) is 0 Å². The van der Waals surface area contributed by atoms with Gasteiger partial charge in [-0.15, -0.1) is 24.0 Å². The Hall–Kier alpha value is -0.980. The van der Waals surface area contributed by atoms with Crippen LogP contribution in [0.5, 0.6) is 5.75 Å². The lowest BCUT2D eigenvalue weighted by atomic mass is 9.86. The maximum absolute atomic E-state index is 5.91. The van der Waals surface area contributed by atoms with Gasteiger partial charge in [-0.3, -0.25) is 4.99 Å². The fourth-order valence-electron chi connectivity index (χ4n) is 2.94. The topological polar surface area (TPSA) is 59.6 Å². The Morgan fingerprint density at radius 3 is 2.82 bits per heavy atom. The first kappa shape index (κ1) is 19.1. The van der Waals surface area contributed by atoms with Gasteiger partial charge in [-0.25, -0.2) is 0 Å². The van der Waals surface area contributed by atoms with Crippen molar-refractivity contribution in [1.29, 1.82) is 0 Å². The summed E-state index contributed by atoms with van der Waals surface area (Å²) in [6.45, 7) is 0.805. The minimum Gasteiger partial charge on any atom is -0.497 e. The number of methoxy groups -OCH3 is 1. The molecule has 5 heteroatoms. The van der Waals surface area contributed by atoms with Gasteiger partial charge in [0.15, 0.2) is 5.96 Å². The Labute approximate surface area is 150 Å². The second-order valence-electron chi connectivity index (χ2n) is 5.77. The average Bonchev–Trinajstić information content (AvgIpc) is 2.53. The van der Waals surface area contributed by atoms with Crippen molar-refractivity contribution in [3.8, 4) is 5.75 Å². The summed E-state index contributed by atoms with van der Waals surface area (Å²) in [7, 11) is 1.65. The van der Waals surface area contributed by atoms with Crippen LogP contribution in [0.4, 0.5) is 5.69 Å². The van der Waals surface area contributed by atoms with Crippen molar-refractivity contribution in [3.05, 3.63) is 24.3 Å². The van der Waals surface area contributed by atoms with Crippen LogP contribution in [0, 0.1) is 5.92 Å². The van der Waals surface area contributed by atoms with Crippen LogP contribution in [0.2, 0.25) is 0 Å². The van der Waals surface area contributed by atoms with E-state index in [4.69, 9.17) is 10.5 Å². The number of guanidine groups is 1. The van der Waals surface area contributed by atoms with Gasteiger partial charge in [0.05, 0.1) is 7.11 Å². The molecule has 2 rings (SSSR count). The summed E-state index contributed by atoms with van der Waals surface area (Å²) < 4.78 is 5.18. The van der Waals surface area contributed by atoms with Crippen molar-refractivity contribution in [1.82, 2.24) is 0 Å². The molecule has 0 aromatic heterocycles. The third-order valence-corrected chi connectivity index (χ3v) is 4.12. The molecule has 0 saturated heterocycles. The second kappa shape index (κ2) is 10.7. The third kappa shape index (κ3) is 6.85. The van der Waals surface area contributed by atoms with E-state index in [2.05, 4.69) is 10.3 Å². The summed E-state index contributed by atoms with van der Waals surface area (Å²) >= 11 is 0. The number of aliphatic imine (C=N–C) groups is 1. The first-order chi connectivity index (χ1) is 10.3. The molecule has 1 aromatic carbocycles. The molecule has 0 atom stereocenters. The molecule has 0 aliphatic heterocycles. The van der Waals surface area contributed by atoms with Crippen LogP contribution in [-0.4, -0.2) is 19.6 Å². The molecule has 1 saturated carbocycles. The number of hydrogen-bond acceptors (Lipinski definition) is 2. The molecule has 1 aliphatic carbocycles. The van der Waals surface area contributed by atoms with Gasteiger partial charge in [-0.05, 0) is 30.9 Å². The minimum absolute atomic E-state index is 0. The van der Waals surface area contributed by atoms with Crippen LogP contribution >= 0.6 is 24.0 Å². The molecule has 0 bridgehead atoms. The Morgan fingerprint density at radius 1 is 1.32 bits per heavy atom. The monoisotopic (exact) mass is 417 g/mol. The normalized spacial score (nSPS) is 16.0. The Morgan fingerprint density at radius 2 is 2.09 bits per heavy atom. The highest BCUT2D eigenvalue weighted by Crippen LogP contribution is 2.27. The quantitative estimate of drug-likeness (QED) is 0.312. The van der Waals surface area contributed by atoms with E-state index < -0.39 is 0 Å². The summed E-state index contributed by atoms with van der Waals surface area (Å²) in [6.07, 6.45) is 9.47. The van der Waals surface area contributed by atoms with Crippen LogP contribution in [0.25, 0.3) is 0 Å². The summed E-state index contributed by atoms with van der Waals surface area (Å²) in [5, 5.41) is 3.10. The Kier molecular flexibility index (Phi) is 9.27. The molecule has 1 fully saturated rings. The maximum Gasteiger partial charge on any atom is 0.193 e. The maximum atomic E-state index is 5.91. The van der Waals surface area contributed by atoms with E-state index in [0.717, 1.165) is 30.3 Å². The molecule has 0 amide bonds. The number of nitrogens with two attached hydrogens (primary N) is 1. The number of benzene rings is 1. The summed E-state index contributed by atoms with van der Waals surface area (Å²) in [5.41, 5.74) is 6.82. The molecular formula is C17H28IN3O. The van der Waals surface area contributed by atoms with E-state index in [1.807, 2.05) is 24.3 Å². The average molecular weight is 417 g/mol. The molecule has 0 heterocycles. The molecule has 0 unspecified atom stereocenters. The second-order valence-corrected chi connectivity index (χ2v) is 5.77. The first-order valence-electron chi connectivity index (χ1n) is 7.99. The molecule has 0 radical (unpaired) electrons. The highest BCUT2D eigenvalue weighted by Gasteiger charge is 2.12. The van der Waals surface area contributed by atoms with Crippen LogP contribution in [0.3, 0.4) is 0 Å². The number of nitrogens with one attached hydrogen (secondary N) is 1. The summed E-state index contributed by atoms with van der Waals surface area (Å²) in [5.74, 6) is 2.21. The van der Waals surface area contributed by atoms with Crippen molar-refractivity contribution in [2.45, 2.75) is 44.9 Å². The van der Waals surface area contributed by atoms with Crippen LogP contribution < -0.4 is 15.8 Å². The van der Waals surface area contributed by atoms with E-state index in [1.54, 1.807) is 7.11 Å². The van der Waals surface area contributed by atoms with E-state index in [-0.39, 0.29) is 24.0 Å². The molecule has 22 heavy (non-hydrogen) atoms.